The maximum Gasteiger partial charge on any atom is 0.256 e. The first-order valence-corrected chi connectivity index (χ1v) is 9.69. The minimum absolute atomic E-state index is 0.0285. The molecule has 0 bridgehead atoms. The summed E-state index contributed by atoms with van der Waals surface area (Å²) in [7, 11) is 0. The first kappa shape index (κ1) is 18.5. The lowest BCUT2D eigenvalue weighted by Gasteiger charge is -2.18. The van der Waals surface area contributed by atoms with E-state index in [9.17, 15) is 9.59 Å². The molecule has 0 spiro atoms. The molecule has 5 nitrogen and oxygen atoms in total. The van der Waals surface area contributed by atoms with Crippen LogP contribution in [-0.2, 0) is 12.8 Å². The Morgan fingerprint density at radius 2 is 2.12 bits per heavy atom. The monoisotopic (exact) mass is 372 g/mol. The van der Waals surface area contributed by atoms with Gasteiger partial charge in [0.2, 0.25) is 0 Å². The lowest BCUT2D eigenvalue weighted by atomic mass is 9.88. The summed E-state index contributed by atoms with van der Waals surface area (Å²) in [5.41, 5.74) is 7.57. The highest BCUT2D eigenvalue weighted by Crippen LogP contribution is 2.39. The standard InChI is InChI=1S/C20H24N2O3S/c1-11(2)25-14-6-4-5-13(10-14)19(24)22-20-17(18(21)23)15-8-7-12(3)9-16(15)26-20/h4-6,10-12H,7-9H2,1-3H3,(H2,21,23)(H,22,24)/t12-/m0/s1. The lowest BCUT2D eigenvalue weighted by molar-refractivity contribution is 0.1000. The smallest absolute Gasteiger partial charge is 0.256 e. The van der Waals surface area contributed by atoms with E-state index in [1.807, 2.05) is 19.9 Å². The SMILES string of the molecule is CC(C)Oc1cccc(C(=O)Nc2sc3c(c2C(N)=O)CC[C@H](C)C3)c1. The molecule has 3 rings (SSSR count). The van der Waals surface area contributed by atoms with Gasteiger partial charge in [0.15, 0.2) is 0 Å². The third-order valence-electron chi connectivity index (χ3n) is 4.45. The number of hydrogen-bond donors (Lipinski definition) is 2. The predicted octanol–water partition coefficient (Wildman–Crippen LogP) is 4.01. The first-order chi connectivity index (χ1) is 12.3. The maximum atomic E-state index is 12.7. The van der Waals surface area contributed by atoms with Crippen LogP contribution in [0.1, 0.15) is 58.3 Å². The molecule has 26 heavy (non-hydrogen) atoms. The minimum atomic E-state index is -0.482. The highest BCUT2D eigenvalue weighted by Gasteiger charge is 2.27. The zero-order chi connectivity index (χ0) is 18.8. The second kappa shape index (κ2) is 7.50. The molecule has 0 unspecified atom stereocenters. The van der Waals surface area contributed by atoms with Gasteiger partial charge in [0.25, 0.3) is 11.8 Å². The number of thiophene rings is 1. The fourth-order valence-electron chi connectivity index (χ4n) is 3.26. The number of hydrogen-bond acceptors (Lipinski definition) is 4. The highest BCUT2D eigenvalue weighted by molar-refractivity contribution is 7.17. The number of ether oxygens (including phenoxy) is 1. The van der Waals surface area contributed by atoms with E-state index in [0.29, 0.717) is 27.8 Å². The summed E-state index contributed by atoms with van der Waals surface area (Å²) in [5.74, 6) is 0.468. The fourth-order valence-corrected chi connectivity index (χ4v) is 4.67. The van der Waals surface area contributed by atoms with Gasteiger partial charge in [-0.1, -0.05) is 13.0 Å². The van der Waals surface area contributed by atoms with Gasteiger partial charge in [-0.2, -0.15) is 0 Å². The molecule has 0 aliphatic heterocycles. The van der Waals surface area contributed by atoms with E-state index < -0.39 is 5.91 Å². The number of amides is 2. The van der Waals surface area contributed by atoms with Gasteiger partial charge in [-0.15, -0.1) is 11.3 Å². The Morgan fingerprint density at radius 1 is 1.35 bits per heavy atom. The van der Waals surface area contributed by atoms with E-state index in [0.717, 1.165) is 29.7 Å². The van der Waals surface area contributed by atoms with Gasteiger partial charge in [-0.3, -0.25) is 9.59 Å². The predicted molar refractivity (Wildman–Crippen MR) is 104 cm³/mol. The molecule has 1 heterocycles. The summed E-state index contributed by atoms with van der Waals surface area (Å²) in [6.07, 6.45) is 2.82. The maximum absolute atomic E-state index is 12.7. The zero-order valence-corrected chi connectivity index (χ0v) is 16.1. The van der Waals surface area contributed by atoms with E-state index in [4.69, 9.17) is 10.5 Å². The van der Waals surface area contributed by atoms with Crippen LogP contribution in [0.4, 0.5) is 5.00 Å². The molecule has 0 saturated heterocycles. The summed E-state index contributed by atoms with van der Waals surface area (Å²) < 4.78 is 5.64. The molecule has 1 aromatic carbocycles. The molecule has 0 radical (unpaired) electrons. The Hall–Kier alpha value is -2.34. The van der Waals surface area contributed by atoms with Crippen LogP contribution in [0, 0.1) is 5.92 Å². The topological polar surface area (TPSA) is 81.4 Å². The van der Waals surface area contributed by atoms with Crippen LogP contribution in [0.25, 0.3) is 0 Å². The van der Waals surface area contributed by atoms with E-state index >= 15 is 0 Å². The van der Waals surface area contributed by atoms with Crippen molar-refractivity contribution in [2.75, 3.05) is 5.32 Å². The van der Waals surface area contributed by atoms with Gasteiger partial charge < -0.3 is 15.8 Å². The average molecular weight is 372 g/mol. The van der Waals surface area contributed by atoms with Crippen molar-refractivity contribution < 1.29 is 14.3 Å². The molecular weight excluding hydrogens is 348 g/mol. The van der Waals surface area contributed by atoms with Crippen molar-refractivity contribution in [1.29, 1.82) is 0 Å². The summed E-state index contributed by atoms with van der Waals surface area (Å²) >= 11 is 1.47. The number of benzene rings is 1. The fraction of sp³-hybridized carbons (Fsp3) is 0.400. The molecule has 138 valence electrons. The summed E-state index contributed by atoms with van der Waals surface area (Å²) in [5, 5.41) is 3.44. The number of primary amides is 1. The van der Waals surface area contributed by atoms with Gasteiger partial charge in [0.05, 0.1) is 11.7 Å². The third-order valence-corrected chi connectivity index (χ3v) is 5.62. The normalized spacial score (nSPS) is 16.2. The number of fused-ring (bicyclic) bond motifs is 1. The number of rotatable bonds is 5. The Labute approximate surface area is 157 Å². The average Bonchev–Trinajstić information content (AvgIpc) is 2.91. The molecule has 1 atom stereocenters. The molecule has 1 aliphatic carbocycles. The number of carbonyl (C=O) groups excluding carboxylic acids is 2. The van der Waals surface area contributed by atoms with Crippen molar-refractivity contribution in [3.8, 4) is 5.75 Å². The Kier molecular flexibility index (Phi) is 5.32. The largest absolute Gasteiger partial charge is 0.491 e. The van der Waals surface area contributed by atoms with Crippen LogP contribution in [0.5, 0.6) is 5.75 Å². The zero-order valence-electron chi connectivity index (χ0n) is 15.3. The van der Waals surface area contributed by atoms with Crippen molar-refractivity contribution >= 4 is 28.2 Å². The molecule has 2 aromatic rings. The molecule has 1 aliphatic rings. The van der Waals surface area contributed by atoms with Gasteiger partial charge in [-0.25, -0.2) is 0 Å². The van der Waals surface area contributed by atoms with Gasteiger partial charge in [0, 0.05) is 10.4 Å². The summed E-state index contributed by atoms with van der Waals surface area (Å²) in [4.78, 5) is 25.8. The molecule has 0 fully saturated rings. The third kappa shape index (κ3) is 3.90. The quantitative estimate of drug-likeness (QED) is 0.832. The molecule has 2 amide bonds. The van der Waals surface area contributed by atoms with E-state index in [1.54, 1.807) is 18.2 Å². The molecular formula is C20H24N2O3S. The van der Waals surface area contributed by atoms with Crippen LogP contribution in [0.15, 0.2) is 24.3 Å². The molecule has 3 N–H and O–H groups in total. The molecule has 0 saturated carbocycles. The van der Waals surface area contributed by atoms with Crippen LogP contribution in [-0.4, -0.2) is 17.9 Å². The van der Waals surface area contributed by atoms with Crippen LogP contribution >= 0.6 is 11.3 Å². The van der Waals surface area contributed by atoms with Crippen molar-refractivity contribution in [2.24, 2.45) is 11.7 Å². The minimum Gasteiger partial charge on any atom is -0.491 e. The Morgan fingerprint density at radius 3 is 2.81 bits per heavy atom. The van der Waals surface area contributed by atoms with Crippen molar-refractivity contribution in [3.05, 3.63) is 45.8 Å². The summed E-state index contributed by atoms with van der Waals surface area (Å²) in [6, 6.07) is 7.02. The van der Waals surface area contributed by atoms with Gasteiger partial charge >= 0.3 is 0 Å². The van der Waals surface area contributed by atoms with Gasteiger partial charge in [-0.05, 0) is 62.8 Å². The highest BCUT2D eigenvalue weighted by atomic mass is 32.1. The number of nitrogens with one attached hydrogen (secondary N) is 1. The molecule has 1 aromatic heterocycles. The second-order valence-corrected chi connectivity index (χ2v) is 8.17. The van der Waals surface area contributed by atoms with Gasteiger partial charge in [0.1, 0.15) is 10.8 Å². The Bertz CT molecular complexity index is 842. The van der Waals surface area contributed by atoms with Crippen LogP contribution < -0.4 is 15.8 Å². The second-order valence-electron chi connectivity index (χ2n) is 7.07. The van der Waals surface area contributed by atoms with Crippen molar-refractivity contribution in [3.63, 3.8) is 0 Å². The number of anilines is 1. The van der Waals surface area contributed by atoms with E-state index in [1.165, 1.54) is 11.3 Å². The van der Waals surface area contributed by atoms with Crippen LogP contribution in [0.3, 0.4) is 0 Å². The van der Waals surface area contributed by atoms with Crippen molar-refractivity contribution in [1.82, 2.24) is 0 Å². The van der Waals surface area contributed by atoms with Crippen molar-refractivity contribution in [2.45, 2.75) is 46.1 Å². The number of carbonyl (C=O) groups is 2. The van der Waals surface area contributed by atoms with E-state index in [2.05, 4.69) is 12.2 Å². The van der Waals surface area contributed by atoms with E-state index in [-0.39, 0.29) is 12.0 Å². The van der Waals surface area contributed by atoms with Crippen LogP contribution in [0.2, 0.25) is 0 Å². The summed E-state index contributed by atoms with van der Waals surface area (Å²) in [6.45, 7) is 6.07. The first-order valence-electron chi connectivity index (χ1n) is 8.87. The number of nitrogens with two attached hydrogens (primary N) is 1. The lowest BCUT2D eigenvalue weighted by Crippen LogP contribution is -2.19. The Balaban J connectivity index is 1.87. The molecule has 6 heteroatoms.